The predicted molar refractivity (Wildman–Crippen MR) is 132 cm³/mol. The minimum atomic E-state index is -0.539. The number of allylic oxidation sites excluding steroid dienone is 5. The summed E-state index contributed by atoms with van der Waals surface area (Å²) in [6, 6.07) is 4.59. The fourth-order valence-corrected chi connectivity index (χ4v) is 3.98. The third-order valence-corrected chi connectivity index (χ3v) is 5.62. The lowest BCUT2D eigenvalue weighted by Crippen LogP contribution is -2.29. The van der Waals surface area contributed by atoms with Crippen LogP contribution in [-0.4, -0.2) is 25.8 Å². The fourth-order valence-electron chi connectivity index (χ4n) is 3.73. The molecule has 1 aromatic carbocycles. The SMILES string of the molecule is C/C(F)=C\Nc1ncnc(N[C@@H](C)c2nc3cccc(Cl)c3c(=O)n2C2=CC=CCC2)c1C=O. The highest BCUT2D eigenvalue weighted by Crippen LogP contribution is 2.28. The molecule has 1 aliphatic rings. The molecule has 2 heterocycles. The molecule has 34 heavy (non-hydrogen) atoms. The van der Waals surface area contributed by atoms with E-state index in [1.165, 1.54) is 13.3 Å². The average Bonchev–Trinajstić information content (AvgIpc) is 2.83. The second-order valence-corrected chi connectivity index (χ2v) is 8.12. The number of benzene rings is 1. The Kier molecular flexibility index (Phi) is 6.83. The molecule has 4 rings (SSSR count). The van der Waals surface area contributed by atoms with Gasteiger partial charge in [0.2, 0.25) is 0 Å². The van der Waals surface area contributed by atoms with E-state index in [2.05, 4.69) is 20.6 Å². The third kappa shape index (κ3) is 4.60. The topological polar surface area (TPSA) is 102 Å². The van der Waals surface area contributed by atoms with E-state index in [1.54, 1.807) is 22.8 Å². The number of rotatable bonds is 7. The Morgan fingerprint density at radius 3 is 2.79 bits per heavy atom. The standard InChI is InChI=1S/C24H22ClFN6O2/c1-14(26)11-27-21-17(12-33)22(29-13-28-21)30-15(2)23-31-19-10-6-9-18(25)20(19)24(34)32(23)16-7-4-3-5-8-16/h3-4,6-7,9-13,15H,5,8H2,1-2H3,(H2,27,28,29,30)/b14-11+/t15-/m0/s1. The molecule has 1 atom stereocenters. The number of halogens is 2. The largest absolute Gasteiger partial charge is 0.360 e. The molecule has 10 heteroatoms. The van der Waals surface area contributed by atoms with Crippen molar-refractivity contribution in [3.8, 4) is 0 Å². The van der Waals surface area contributed by atoms with E-state index in [9.17, 15) is 14.0 Å². The van der Waals surface area contributed by atoms with Crippen LogP contribution in [0.3, 0.4) is 0 Å². The molecule has 2 aromatic heterocycles. The van der Waals surface area contributed by atoms with Crippen molar-refractivity contribution in [1.82, 2.24) is 19.5 Å². The maximum absolute atomic E-state index is 13.6. The summed E-state index contributed by atoms with van der Waals surface area (Å²) in [5.41, 5.74) is 1.10. The molecule has 0 unspecified atom stereocenters. The highest BCUT2D eigenvalue weighted by atomic mass is 35.5. The van der Waals surface area contributed by atoms with E-state index in [-0.39, 0.29) is 22.8 Å². The Balaban J connectivity index is 1.83. The Hall–Kier alpha value is -3.85. The quantitative estimate of drug-likeness (QED) is 0.445. The maximum atomic E-state index is 13.6. The van der Waals surface area contributed by atoms with Crippen molar-refractivity contribution in [3.63, 3.8) is 0 Å². The van der Waals surface area contributed by atoms with Crippen molar-refractivity contribution in [3.05, 3.63) is 81.5 Å². The van der Waals surface area contributed by atoms with Crippen molar-refractivity contribution in [2.24, 2.45) is 0 Å². The van der Waals surface area contributed by atoms with Crippen LogP contribution in [0.25, 0.3) is 16.6 Å². The summed E-state index contributed by atoms with van der Waals surface area (Å²) < 4.78 is 14.7. The van der Waals surface area contributed by atoms with Crippen LogP contribution in [0, 0.1) is 0 Å². The monoisotopic (exact) mass is 480 g/mol. The van der Waals surface area contributed by atoms with Crippen LogP contribution >= 0.6 is 11.6 Å². The van der Waals surface area contributed by atoms with E-state index < -0.39 is 11.9 Å². The molecular formula is C24H22ClFN6O2. The van der Waals surface area contributed by atoms with Crippen LogP contribution in [-0.2, 0) is 0 Å². The number of anilines is 2. The number of hydrogen-bond donors (Lipinski definition) is 2. The second-order valence-electron chi connectivity index (χ2n) is 7.71. The zero-order valence-corrected chi connectivity index (χ0v) is 19.3. The van der Waals surface area contributed by atoms with Gasteiger partial charge in [-0.05, 0) is 44.9 Å². The predicted octanol–water partition coefficient (Wildman–Crippen LogP) is 5.26. The van der Waals surface area contributed by atoms with Gasteiger partial charge in [-0.25, -0.2) is 19.3 Å². The average molecular weight is 481 g/mol. The Labute approximate surface area is 199 Å². The second kappa shape index (κ2) is 9.96. The number of nitrogens with one attached hydrogen (secondary N) is 2. The molecule has 0 radical (unpaired) electrons. The molecule has 1 aliphatic carbocycles. The van der Waals surface area contributed by atoms with E-state index >= 15 is 0 Å². The Bertz CT molecular complexity index is 1410. The normalized spacial score (nSPS) is 14.6. The number of aromatic nitrogens is 4. The summed E-state index contributed by atoms with van der Waals surface area (Å²) in [6.45, 7) is 3.07. The van der Waals surface area contributed by atoms with Crippen molar-refractivity contribution in [2.75, 3.05) is 10.6 Å². The van der Waals surface area contributed by atoms with Gasteiger partial charge in [0.15, 0.2) is 6.29 Å². The molecule has 0 spiro atoms. The number of nitrogens with zero attached hydrogens (tertiary/aromatic N) is 4. The third-order valence-electron chi connectivity index (χ3n) is 5.30. The van der Waals surface area contributed by atoms with Gasteiger partial charge in [-0.3, -0.25) is 14.2 Å². The molecule has 0 saturated heterocycles. The molecule has 174 valence electrons. The summed E-state index contributed by atoms with van der Waals surface area (Å²) in [5.74, 6) is 0.323. The summed E-state index contributed by atoms with van der Waals surface area (Å²) in [5, 5.41) is 6.48. The van der Waals surface area contributed by atoms with E-state index in [0.29, 0.717) is 34.5 Å². The smallest absolute Gasteiger partial charge is 0.267 e. The van der Waals surface area contributed by atoms with E-state index in [1.807, 2.05) is 25.2 Å². The first-order valence-electron chi connectivity index (χ1n) is 10.6. The van der Waals surface area contributed by atoms with Crippen molar-refractivity contribution in [2.45, 2.75) is 32.7 Å². The summed E-state index contributed by atoms with van der Waals surface area (Å²) >= 11 is 6.35. The van der Waals surface area contributed by atoms with Gasteiger partial charge in [0.1, 0.15) is 29.6 Å². The maximum Gasteiger partial charge on any atom is 0.267 e. The van der Waals surface area contributed by atoms with Crippen LogP contribution in [0.1, 0.15) is 48.9 Å². The molecule has 0 saturated carbocycles. The molecule has 0 aliphatic heterocycles. The number of hydrogen-bond acceptors (Lipinski definition) is 7. The van der Waals surface area contributed by atoms with Crippen LogP contribution in [0.5, 0.6) is 0 Å². The summed E-state index contributed by atoms with van der Waals surface area (Å²) in [6.07, 6.45) is 10.2. The van der Waals surface area contributed by atoms with Gasteiger partial charge in [-0.2, -0.15) is 0 Å². The van der Waals surface area contributed by atoms with Gasteiger partial charge in [-0.1, -0.05) is 29.8 Å². The molecule has 0 bridgehead atoms. The lowest BCUT2D eigenvalue weighted by molar-refractivity contribution is 0.112. The lowest BCUT2D eigenvalue weighted by atomic mass is 10.1. The first-order chi connectivity index (χ1) is 16.4. The van der Waals surface area contributed by atoms with Crippen LogP contribution in [0.4, 0.5) is 16.0 Å². The van der Waals surface area contributed by atoms with Gasteiger partial charge in [0.05, 0.1) is 27.5 Å². The van der Waals surface area contributed by atoms with Gasteiger partial charge >= 0.3 is 0 Å². The number of carbonyl (C=O) groups is 1. The van der Waals surface area contributed by atoms with E-state index in [4.69, 9.17) is 16.6 Å². The Morgan fingerprint density at radius 2 is 2.09 bits per heavy atom. The molecule has 0 fully saturated rings. The zero-order valence-electron chi connectivity index (χ0n) is 18.5. The minimum Gasteiger partial charge on any atom is -0.360 e. The highest BCUT2D eigenvalue weighted by molar-refractivity contribution is 6.35. The minimum absolute atomic E-state index is 0.115. The first-order valence-corrected chi connectivity index (χ1v) is 11.0. The zero-order chi connectivity index (χ0) is 24.2. The fraction of sp³-hybridized carbons (Fsp3) is 0.208. The lowest BCUT2D eigenvalue weighted by Gasteiger charge is -2.23. The number of aldehydes is 1. The first kappa shape index (κ1) is 23.3. The highest BCUT2D eigenvalue weighted by Gasteiger charge is 2.22. The van der Waals surface area contributed by atoms with Crippen LogP contribution in [0.2, 0.25) is 5.02 Å². The molecule has 2 N–H and O–H groups in total. The van der Waals surface area contributed by atoms with E-state index in [0.717, 1.165) is 18.3 Å². The number of fused-ring (bicyclic) bond motifs is 1. The van der Waals surface area contributed by atoms with Crippen molar-refractivity contribution >= 4 is 46.1 Å². The molecule has 0 amide bonds. The summed E-state index contributed by atoms with van der Waals surface area (Å²) in [4.78, 5) is 38.3. The van der Waals surface area contributed by atoms with Crippen molar-refractivity contribution in [1.29, 1.82) is 0 Å². The summed E-state index contributed by atoms with van der Waals surface area (Å²) in [7, 11) is 0. The van der Waals surface area contributed by atoms with Gasteiger partial charge in [-0.15, -0.1) is 0 Å². The van der Waals surface area contributed by atoms with Crippen LogP contribution in [0.15, 0.2) is 59.6 Å². The van der Waals surface area contributed by atoms with Crippen molar-refractivity contribution < 1.29 is 9.18 Å². The van der Waals surface area contributed by atoms with Gasteiger partial charge < -0.3 is 10.6 Å². The number of carbonyl (C=O) groups excluding carboxylic acids is 1. The Morgan fingerprint density at radius 1 is 1.29 bits per heavy atom. The van der Waals surface area contributed by atoms with Gasteiger partial charge in [0, 0.05) is 11.9 Å². The molecule has 8 nitrogen and oxygen atoms in total. The van der Waals surface area contributed by atoms with Gasteiger partial charge in [0.25, 0.3) is 5.56 Å². The van der Waals surface area contributed by atoms with Crippen LogP contribution < -0.4 is 16.2 Å². The molecule has 3 aromatic rings. The molecular weight excluding hydrogens is 459 g/mol.